The van der Waals surface area contributed by atoms with Crippen molar-refractivity contribution in [3.63, 3.8) is 0 Å². The Bertz CT molecular complexity index is 830. The molecule has 2 N–H and O–H groups in total. The maximum absolute atomic E-state index is 11.5. The van der Waals surface area contributed by atoms with Crippen LogP contribution in [-0.4, -0.2) is 23.7 Å². The first-order valence-corrected chi connectivity index (χ1v) is 6.76. The van der Waals surface area contributed by atoms with E-state index in [1.165, 1.54) is 19.3 Å². The van der Waals surface area contributed by atoms with E-state index in [0.29, 0.717) is 17.2 Å². The monoisotopic (exact) mass is 320 g/mol. The van der Waals surface area contributed by atoms with Gasteiger partial charge < -0.3 is 10.1 Å². The van der Waals surface area contributed by atoms with Crippen LogP contribution in [0, 0.1) is 22.7 Å². The summed E-state index contributed by atoms with van der Waals surface area (Å²) in [6.07, 6.45) is 1.48. The molecule has 0 spiro atoms. The maximum atomic E-state index is 11.5. The van der Waals surface area contributed by atoms with Gasteiger partial charge >= 0.3 is 0 Å². The molecule has 0 unspecified atom stereocenters. The van der Waals surface area contributed by atoms with Crippen LogP contribution < -0.4 is 15.5 Å². The van der Waals surface area contributed by atoms with E-state index in [2.05, 4.69) is 20.8 Å². The highest BCUT2D eigenvalue weighted by Crippen LogP contribution is 2.23. The van der Waals surface area contributed by atoms with Crippen molar-refractivity contribution in [1.29, 1.82) is 10.5 Å². The van der Waals surface area contributed by atoms with Crippen LogP contribution in [0.2, 0.25) is 0 Å². The molecule has 0 aliphatic carbocycles. The fraction of sp³-hybridized carbons (Fsp3) is 0.0625. The highest BCUT2D eigenvalue weighted by Gasteiger charge is 2.06. The molecule has 8 nitrogen and oxygen atoms in total. The summed E-state index contributed by atoms with van der Waals surface area (Å²) in [5, 5.41) is 23.3. The number of amides is 1. The second-order valence-corrected chi connectivity index (χ2v) is 4.38. The summed E-state index contributed by atoms with van der Waals surface area (Å²) in [5.74, 6) is 0.710. The fourth-order valence-electron chi connectivity index (χ4n) is 1.66. The minimum absolute atomic E-state index is 0.253. The van der Waals surface area contributed by atoms with Crippen molar-refractivity contribution in [3.05, 3.63) is 48.3 Å². The van der Waals surface area contributed by atoms with Crippen LogP contribution >= 0.6 is 0 Å². The van der Waals surface area contributed by atoms with Crippen molar-refractivity contribution in [3.8, 4) is 23.6 Å². The number of rotatable bonds is 5. The minimum Gasteiger partial charge on any atom is -0.457 e. The topological polar surface area (TPSA) is 123 Å². The SMILES string of the molecule is CNC(=O)c1cc(Oc2ccc(NN=C(C#N)C#N)cc2)ccn1. The molecule has 24 heavy (non-hydrogen) atoms. The molecule has 8 heteroatoms. The maximum Gasteiger partial charge on any atom is 0.269 e. The van der Waals surface area contributed by atoms with Crippen molar-refractivity contribution in [2.75, 3.05) is 12.5 Å². The highest BCUT2D eigenvalue weighted by atomic mass is 16.5. The highest BCUT2D eigenvalue weighted by molar-refractivity contribution is 6.10. The lowest BCUT2D eigenvalue weighted by atomic mass is 10.3. The number of hydrazone groups is 1. The van der Waals surface area contributed by atoms with E-state index in [0.717, 1.165) is 0 Å². The smallest absolute Gasteiger partial charge is 0.269 e. The minimum atomic E-state index is -0.302. The quantitative estimate of drug-likeness (QED) is 0.642. The van der Waals surface area contributed by atoms with Crippen LogP contribution in [0.4, 0.5) is 5.69 Å². The lowest BCUT2D eigenvalue weighted by molar-refractivity contribution is 0.0958. The van der Waals surface area contributed by atoms with Crippen molar-refractivity contribution in [1.82, 2.24) is 10.3 Å². The summed E-state index contributed by atoms with van der Waals surface area (Å²) in [6.45, 7) is 0. The third kappa shape index (κ3) is 4.29. The van der Waals surface area contributed by atoms with Gasteiger partial charge in [-0.05, 0) is 30.3 Å². The molecule has 1 amide bonds. The Labute approximate surface area is 138 Å². The number of ether oxygens (including phenoxy) is 1. The molecule has 0 aliphatic rings. The van der Waals surface area contributed by atoms with Gasteiger partial charge in [-0.15, -0.1) is 0 Å². The molecule has 118 valence electrons. The number of nitrogens with zero attached hydrogens (tertiary/aromatic N) is 4. The van der Waals surface area contributed by atoms with Gasteiger partial charge in [0.2, 0.25) is 5.71 Å². The van der Waals surface area contributed by atoms with Crippen molar-refractivity contribution in [2.45, 2.75) is 0 Å². The van der Waals surface area contributed by atoms with E-state index in [1.54, 1.807) is 42.5 Å². The number of nitriles is 2. The standard InChI is InChI=1S/C16H12N6O2/c1-19-16(23)15-8-14(6-7-20-15)24-13-4-2-11(3-5-13)21-22-12(9-17)10-18/h2-8,21H,1H3,(H,19,23). The van der Waals surface area contributed by atoms with Gasteiger partial charge in [0.25, 0.3) is 5.91 Å². The predicted octanol–water partition coefficient (Wildman–Crippen LogP) is 2.05. The van der Waals surface area contributed by atoms with Crippen LogP contribution in [0.15, 0.2) is 47.7 Å². The van der Waals surface area contributed by atoms with Gasteiger partial charge in [0.05, 0.1) is 5.69 Å². The van der Waals surface area contributed by atoms with Gasteiger partial charge in [-0.25, -0.2) is 0 Å². The number of nitrogens with one attached hydrogen (secondary N) is 2. The Kier molecular flexibility index (Phi) is 5.43. The third-order valence-corrected chi connectivity index (χ3v) is 2.79. The zero-order valence-electron chi connectivity index (χ0n) is 12.6. The lowest BCUT2D eigenvalue weighted by Crippen LogP contribution is -2.18. The third-order valence-electron chi connectivity index (χ3n) is 2.79. The summed E-state index contributed by atoms with van der Waals surface area (Å²) < 4.78 is 5.65. The van der Waals surface area contributed by atoms with E-state index < -0.39 is 0 Å². The van der Waals surface area contributed by atoms with E-state index >= 15 is 0 Å². The van der Waals surface area contributed by atoms with E-state index in [9.17, 15) is 4.79 Å². The molecule has 0 fully saturated rings. The number of carbonyl (C=O) groups is 1. The molecule has 1 heterocycles. The molecule has 0 bridgehead atoms. The molecular formula is C16H12N6O2. The van der Waals surface area contributed by atoms with Gasteiger partial charge in [0.1, 0.15) is 29.3 Å². The molecule has 2 rings (SSSR count). The number of benzene rings is 1. The molecule has 0 saturated carbocycles. The first-order chi connectivity index (χ1) is 11.7. The fourth-order valence-corrected chi connectivity index (χ4v) is 1.66. The van der Waals surface area contributed by atoms with Crippen LogP contribution in [-0.2, 0) is 0 Å². The average Bonchev–Trinajstić information content (AvgIpc) is 2.63. The van der Waals surface area contributed by atoms with E-state index in [1.807, 2.05) is 0 Å². The molecule has 0 radical (unpaired) electrons. The molecule has 0 atom stereocenters. The summed E-state index contributed by atoms with van der Waals surface area (Å²) in [5.41, 5.74) is 3.17. The van der Waals surface area contributed by atoms with Gasteiger partial charge in [0, 0.05) is 19.3 Å². The molecular weight excluding hydrogens is 308 g/mol. The van der Waals surface area contributed by atoms with Crippen LogP contribution in [0.5, 0.6) is 11.5 Å². The summed E-state index contributed by atoms with van der Waals surface area (Å²) in [7, 11) is 1.52. The Hall–Kier alpha value is -3.91. The number of hydrogen-bond donors (Lipinski definition) is 2. The molecule has 2 aromatic rings. The second kappa shape index (κ2) is 7.92. The Morgan fingerprint density at radius 1 is 1.17 bits per heavy atom. The lowest BCUT2D eigenvalue weighted by Gasteiger charge is -2.07. The van der Waals surface area contributed by atoms with Crippen molar-refractivity contribution in [2.24, 2.45) is 5.10 Å². The van der Waals surface area contributed by atoms with Gasteiger partial charge in [-0.1, -0.05) is 0 Å². The molecule has 0 aliphatic heterocycles. The van der Waals surface area contributed by atoms with Crippen LogP contribution in [0.25, 0.3) is 0 Å². The first kappa shape index (κ1) is 16.5. The Morgan fingerprint density at radius 2 is 1.88 bits per heavy atom. The zero-order chi connectivity index (χ0) is 17.4. The van der Waals surface area contributed by atoms with Crippen molar-refractivity contribution < 1.29 is 9.53 Å². The second-order valence-electron chi connectivity index (χ2n) is 4.38. The zero-order valence-corrected chi connectivity index (χ0v) is 12.6. The van der Waals surface area contributed by atoms with Gasteiger partial charge in [-0.2, -0.15) is 15.6 Å². The molecule has 0 saturated heterocycles. The Morgan fingerprint density at radius 3 is 2.50 bits per heavy atom. The van der Waals surface area contributed by atoms with Gasteiger partial charge in [-0.3, -0.25) is 15.2 Å². The normalized spacial score (nSPS) is 9.12. The predicted molar refractivity (Wildman–Crippen MR) is 86.4 cm³/mol. The number of anilines is 1. The molecule has 1 aromatic carbocycles. The summed E-state index contributed by atoms with van der Waals surface area (Å²) >= 11 is 0. The van der Waals surface area contributed by atoms with E-state index in [-0.39, 0.29) is 17.3 Å². The number of hydrogen-bond acceptors (Lipinski definition) is 7. The van der Waals surface area contributed by atoms with Crippen LogP contribution in [0.1, 0.15) is 10.5 Å². The first-order valence-electron chi connectivity index (χ1n) is 6.76. The van der Waals surface area contributed by atoms with Gasteiger partial charge in [0.15, 0.2) is 0 Å². The summed E-state index contributed by atoms with van der Waals surface area (Å²) in [6, 6.07) is 13.2. The number of aromatic nitrogens is 1. The average molecular weight is 320 g/mol. The largest absolute Gasteiger partial charge is 0.457 e. The number of carbonyl (C=O) groups excluding carboxylic acids is 1. The van der Waals surface area contributed by atoms with Crippen LogP contribution in [0.3, 0.4) is 0 Å². The van der Waals surface area contributed by atoms with Crippen molar-refractivity contribution >= 4 is 17.3 Å². The summed E-state index contributed by atoms with van der Waals surface area (Å²) in [4.78, 5) is 15.5. The van der Waals surface area contributed by atoms with E-state index in [4.69, 9.17) is 15.3 Å². The Balaban J connectivity index is 2.07. The number of pyridine rings is 1. The molecule has 1 aromatic heterocycles.